The lowest BCUT2D eigenvalue weighted by Gasteiger charge is -2.10. The summed E-state index contributed by atoms with van der Waals surface area (Å²) in [5, 5.41) is 10.1. The highest BCUT2D eigenvalue weighted by atomic mass is 32.2. The van der Waals surface area contributed by atoms with Crippen molar-refractivity contribution in [3.05, 3.63) is 89.0 Å². The van der Waals surface area contributed by atoms with Crippen molar-refractivity contribution in [1.82, 2.24) is 9.55 Å². The lowest BCUT2D eigenvalue weighted by molar-refractivity contribution is 0.0526. The van der Waals surface area contributed by atoms with Crippen molar-refractivity contribution in [3.8, 4) is 11.8 Å². The summed E-state index contributed by atoms with van der Waals surface area (Å²) in [4.78, 5) is 17.1. The smallest absolute Gasteiger partial charge is 0.338 e. The minimum absolute atomic E-state index is 0.329. The summed E-state index contributed by atoms with van der Waals surface area (Å²) in [6.45, 7) is 2.86. The number of rotatable bonds is 9. The second-order valence-corrected chi connectivity index (χ2v) is 8.61. The monoisotopic (exact) mass is 471 g/mol. The fraction of sp³-hybridized carbons (Fsp3) is 0.222. The highest BCUT2D eigenvalue weighted by Gasteiger charge is 2.15. The van der Waals surface area contributed by atoms with Gasteiger partial charge in [-0.3, -0.25) is 0 Å². The summed E-state index contributed by atoms with van der Waals surface area (Å²) < 4.78 is 12.6. The number of carbonyl (C=O) groups excluding carboxylic acids is 1. The number of hydrogen-bond acceptors (Lipinski definition) is 6. The summed E-state index contributed by atoms with van der Waals surface area (Å²) in [5.41, 5.74) is 5.12. The van der Waals surface area contributed by atoms with Gasteiger partial charge < -0.3 is 14.0 Å². The largest absolute Gasteiger partial charge is 0.497 e. The lowest BCUT2D eigenvalue weighted by Crippen LogP contribution is -2.05. The first kappa shape index (κ1) is 23.4. The van der Waals surface area contributed by atoms with Crippen molar-refractivity contribution in [1.29, 1.82) is 5.26 Å². The van der Waals surface area contributed by atoms with Crippen LogP contribution in [-0.4, -0.2) is 29.2 Å². The predicted molar refractivity (Wildman–Crippen MR) is 133 cm³/mol. The molecule has 0 aliphatic heterocycles. The van der Waals surface area contributed by atoms with Gasteiger partial charge in [0.2, 0.25) is 0 Å². The summed E-state index contributed by atoms with van der Waals surface area (Å²) in [6, 6.07) is 23.4. The third kappa shape index (κ3) is 5.41. The molecule has 0 atom stereocenters. The molecule has 3 aromatic carbocycles. The first-order valence-corrected chi connectivity index (χ1v) is 12.0. The summed E-state index contributed by atoms with van der Waals surface area (Å²) in [7, 11) is 1.66. The van der Waals surface area contributed by atoms with Crippen molar-refractivity contribution in [2.45, 2.75) is 30.8 Å². The minimum Gasteiger partial charge on any atom is -0.497 e. The highest BCUT2D eigenvalue weighted by molar-refractivity contribution is 7.98. The molecule has 0 bridgehead atoms. The Labute approximate surface area is 203 Å². The van der Waals surface area contributed by atoms with Gasteiger partial charge in [0, 0.05) is 12.3 Å². The summed E-state index contributed by atoms with van der Waals surface area (Å²) in [5.74, 6) is 1.17. The molecule has 34 heavy (non-hydrogen) atoms. The van der Waals surface area contributed by atoms with Crippen molar-refractivity contribution < 1.29 is 14.3 Å². The van der Waals surface area contributed by atoms with Crippen molar-refractivity contribution in [2.24, 2.45) is 0 Å². The number of fused-ring (bicyclic) bond motifs is 1. The number of nitriles is 1. The number of methoxy groups -OCH3 is 1. The molecular weight excluding hydrogens is 446 g/mol. The van der Waals surface area contributed by atoms with E-state index < -0.39 is 0 Å². The molecule has 4 aromatic rings. The number of esters is 1. The molecule has 172 valence electrons. The molecule has 4 rings (SSSR count). The molecule has 7 heteroatoms. The Morgan fingerprint density at radius 3 is 2.65 bits per heavy atom. The van der Waals surface area contributed by atoms with Gasteiger partial charge in [-0.2, -0.15) is 5.26 Å². The maximum absolute atomic E-state index is 12.2. The Morgan fingerprint density at radius 1 is 1.09 bits per heavy atom. The number of aromatic nitrogens is 2. The van der Waals surface area contributed by atoms with Gasteiger partial charge in [0.1, 0.15) is 5.75 Å². The van der Waals surface area contributed by atoms with Gasteiger partial charge in [-0.15, -0.1) is 0 Å². The quantitative estimate of drug-likeness (QED) is 0.233. The summed E-state index contributed by atoms with van der Waals surface area (Å²) in [6.07, 6.45) is 0.826. The average Bonchev–Trinajstić information content (AvgIpc) is 3.23. The van der Waals surface area contributed by atoms with Gasteiger partial charge in [0.05, 0.1) is 41.9 Å². The van der Waals surface area contributed by atoms with Crippen LogP contribution < -0.4 is 4.74 Å². The van der Waals surface area contributed by atoms with Crippen molar-refractivity contribution >= 4 is 28.8 Å². The number of imidazole rings is 1. The van der Waals surface area contributed by atoms with E-state index >= 15 is 0 Å². The molecule has 0 aliphatic rings. The molecule has 6 nitrogen and oxygen atoms in total. The van der Waals surface area contributed by atoms with Gasteiger partial charge in [-0.1, -0.05) is 36.0 Å². The second-order valence-electron chi connectivity index (χ2n) is 7.67. The third-order valence-electron chi connectivity index (χ3n) is 5.43. The Kier molecular flexibility index (Phi) is 7.51. The number of carbonyl (C=O) groups is 1. The molecule has 0 radical (unpaired) electrons. The number of thioether (sulfide) groups is 1. The Hall–Kier alpha value is -3.76. The van der Waals surface area contributed by atoms with Crippen LogP contribution in [0.1, 0.15) is 34.0 Å². The maximum atomic E-state index is 12.2. The maximum Gasteiger partial charge on any atom is 0.338 e. The lowest BCUT2D eigenvalue weighted by atomic mass is 10.1. The minimum atomic E-state index is -0.347. The Morgan fingerprint density at radius 2 is 1.91 bits per heavy atom. The van der Waals surface area contributed by atoms with Gasteiger partial charge in [0.15, 0.2) is 5.16 Å². The van der Waals surface area contributed by atoms with Crippen LogP contribution in [0.4, 0.5) is 0 Å². The summed E-state index contributed by atoms with van der Waals surface area (Å²) >= 11 is 1.62. The van der Waals surface area contributed by atoms with Crippen LogP contribution in [0.2, 0.25) is 0 Å². The number of aryl methyl sites for hydroxylation is 2. The fourth-order valence-electron chi connectivity index (χ4n) is 3.69. The Bertz CT molecular complexity index is 1340. The van der Waals surface area contributed by atoms with Gasteiger partial charge in [-0.05, 0) is 66.9 Å². The van der Waals surface area contributed by atoms with E-state index in [1.54, 1.807) is 44.0 Å². The molecule has 0 fully saturated rings. The van der Waals surface area contributed by atoms with Gasteiger partial charge in [0.25, 0.3) is 0 Å². The molecule has 0 unspecified atom stereocenters. The van der Waals surface area contributed by atoms with E-state index in [9.17, 15) is 10.1 Å². The van der Waals surface area contributed by atoms with Crippen molar-refractivity contribution in [2.75, 3.05) is 13.7 Å². The van der Waals surface area contributed by atoms with E-state index in [1.807, 2.05) is 36.4 Å². The standard InChI is InChI=1S/C27H25N3O3S/c1-3-33-26(31)22-9-12-25-24(16-22)29-27(34-18-21-6-4-5-20(15-21)17-28)30(25)14-13-19-7-10-23(32-2)11-8-19/h4-12,15-16H,3,13-14,18H2,1-2H3. The molecule has 0 N–H and O–H groups in total. The van der Waals surface area contributed by atoms with E-state index in [2.05, 4.69) is 22.8 Å². The molecule has 0 amide bonds. The van der Waals surface area contributed by atoms with E-state index in [-0.39, 0.29) is 5.97 Å². The molecule has 0 spiro atoms. The van der Waals surface area contributed by atoms with Crippen LogP contribution in [0.15, 0.2) is 71.9 Å². The highest BCUT2D eigenvalue weighted by Crippen LogP contribution is 2.28. The second kappa shape index (κ2) is 10.9. The molecule has 0 aliphatic carbocycles. The molecule has 0 saturated carbocycles. The number of benzene rings is 3. The van der Waals surface area contributed by atoms with Crippen molar-refractivity contribution in [3.63, 3.8) is 0 Å². The third-order valence-corrected chi connectivity index (χ3v) is 6.48. The van der Waals surface area contributed by atoms with E-state index in [1.165, 1.54) is 5.56 Å². The first-order valence-electron chi connectivity index (χ1n) is 11.0. The number of nitrogens with zero attached hydrogens (tertiary/aromatic N) is 3. The molecule has 1 heterocycles. The Balaban J connectivity index is 1.62. The van der Waals surface area contributed by atoms with E-state index in [0.717, 1.165) is 40.5 Å². The van der Waals surface area contributed by atoms with Crippen LogP contribution in [0.25, 0.3) is 11.0 Å². The zero-order chi connectivity index (χ0) is 23.9. The molecule has 1 aromatic heterocycles. The predicted octanol–water partition coefficient (Wildman–Crippen LogP) is 5.63. The molecule has 0 saturated heterocycles. The van der Waals surface area contributed by atoms with Crippen LogP contribution >= 0.6 is 11.8 Å². The first-order chi connectivity index (χ1) is 16.6. The SMILES string of the molecule is CCOC(=O)c1ccc2c(c1)nc(SCc1cccc(C#N)c1)n2CCc1ccc(OC)cc1. The fourth-order valence-corrected chi connectivity index (χ4v) is 4.67. The van der Waals surface area contributed by atoms with E-state index in [0.29, 0.717) is 23.5 Å². The average molecular weight is 472 g/mol. The normalized spacial score (nSPS) is 10.7. The zero-order valence-corrected chi connectivity index (χ0v) is 20.0. The van der Waals surface area contributed by atoms with E-state index in [4.69, 9.17) is 14.5 Å². The number of ether oxygens (including phenoxy) is 2. The molecular formula is C27H25N3O3S. The van der Waals surface area contributed by atoms with Crippen LogP contribution in [0, 0.1) is 11.3 Å². The van der Waals surface area contributed by atoms with Gasteiger partial charge >= 0.3 is 5.97 Å². The topological polar surface area (TPSA) is 77.1 Å². The number of hydrogen-bond donors (Lipinski definition) is 0. The van der Waals surface area contributed by atoms with Crippen LogP contribution in [0.5, 0.6) is 5.75 Å². The van der Waals surface area contributed by atoms with Crippen LogP contribution in [-0.2, 0) is 23.5 Å². The zero-order valence-electron chi connectivity index (χ0n) is 19.2. The van der Waals surface area contributed by atoms with Gasteiger partial charge in [-0.25, -0.2) is 9.78 Å². The van der Waals surface area contributed by atoms with Crippen LogP contribution in [0.3, 0.4) is 0 Å².